The molecule has 0 heterocycles. The Labute approximate surface area is 138 Å². The van der Waals surface area contributed by atoms with Crippen molar-refractivity contribution >= 4 is 5.91 Å². The zero-order valence-electron chi connectivity index (χ0n) is 14.3. The number of ether oxygens (including phenoxy) is 2. The number of benzene rings is 1. The van der Waals surface area contributed by atoms with Gasteiger partial charge in [0, 0.05) is 20.1 Å². The van der Waals surface area contributed by atoms with Crippen molar-refractivity contribution < 1.29 is 14.3 Å². The molecule has 1 amide bonds. The maximum atomic E-state index is 12.0. The molecule has 0 saturated carbocycles. The van der Waals surface area contributed by atoms with Gasteiger partial charge in [0.05, 0.1) is 5.76 Å². The summed E-state index contributed by atoms with van der Waals surface area (Å²) in [5, 5.41) is 2.64. The zero-order valence-corrected chi connectivity index (χ0v) is 14.3. The lowest BCUT2D eigenvalue weighted by molar-refractivity contribution is -0.130. The summed E-state index contributed by atoms with van der Waals surface area (Å²) in [5.41, 5.74) is 3.03. The Morgan fingerprint density at radius 3 is 2.83 bits per heavy atom. The van der Waals surface area contributed by atoms with E-state index >= 15 is 0 Å². The van der Waals surface area contributed by atoms with E-state index in [1.807, 2.05) is 24.3 Å². The van der Waals surface area contributed by atoms with Crippen LogP contribution >= 0.6 is 0 Å². The minimum absolute atomic E-state index is 0.163. The topological polar surface area (TPSA) is 47.6 Å². The van der Waals surface area contributed by atoms with Crippen LogP contribution in [0.1, 0.15) is 37.5 Å². The van der Waals surface area contributed by atoms with Crippen LogP contribution in [0.3, 0.4) is 0 Å². The minimum atomic E-state index is -0.626. The molecule has 0 saturated heterocycles. The summed E-state index contributed by atoms with van der Waals surface area (Å²) in [6.45, 7) is 4.66. The molecule has 0 fully saturated rings. The van der Waals surface area contributed by atoms with Crippen molar-refractivity contribution in [1.29, 1.82) is 0 Å². The Morgan fingerprint density at radius 1 is 1.39 bits per heavy atom. The molecule has 1 N–H and O–H groups in total. The molecule has 0 radical (unpaired) electrons. The molecule has 2 atom stereocenters. The van der Waals surface area contributed by atoms with Crippen LogP contribution in [0.2, 0.25) is 0 Å². The molecule has 1 aliphatic carbocycles. The van der Waals surface area contributed by atoms with E-state index in [1.165, 1.54) is 12.7 Å². The van der Waals surface area contributed by atoms with E-state index in [0.717, 1.165) is 23.3 Å². The Hall–Kier alpha value is -2.07. The van der Waals surface area contributed by atoms with Crippen LogP contribution in [0.15, 0.2) is 47.7 Å². The largest absolute Gasteiger partial charge is 0.493 e. The average molecular weight is 315 g/mol. The van der Waals surface area contributed by atoms with Crippen molar-refractivity contribution in [2.75, 3.05) is 14.2 Å². The average Bonchev–Trinajstić information content (AvgIpc) is 2.57. The van der Waals surface area contributed by atoms with Crippen LogP contribution in [-0.2, 0) is 20.9 Å². The van der Waals surface area contributed by atoms with Gasteiger partial charge in [0.15, 0.2) is 6.10 Å². The third-order valence-corrected chi connectivity index (χ3v) is 4.10. The molecule has 1 aromatic carbocycles. The second-order valence-electron chi connectivity index (χ2n) is 5.85. The van der Waals surface area contributed by atoms with Crippen LogP contribution in [0.25, 0.3) is 0 Å². The lowest BCUT2D eigenvalue weighted by Crippen LogP contribution is -2.27. The highest BCUT2D eigenvalue weighted by Crippen LogP contribution is 2.27. The summed E-state index contributed by atoms with van der Waals surface area (Å²) in [7, 11) is 3.15. The number of methoxy groups -OCH3 is 1. The monoisotopic (exact) mass is 315 g/mol. The maximum Gasteiger partial charge on any atom is 0.253 e. The smallest absolute Gasteiger partial charge is 0.253 e. The maximum absolute atomic E-state index is 12.0. The quantitative estimate of drug-likeness (QED) is 0.874. The number of rotatable bonds is 6. The fourth-order valence-electron chi connectivity index (χ4n) is 2.68. The highest BCUT2D eigenvalue weighted by atomic mass is 16.5. The number of hydrogen-bond acceptors (Lipinski definition) is 3. The van der Waals surface area contributed by atoms with E-state index < -0.39 is 6.10 Å². The van der Waals surface area contributed by atoms with Crippen LogP contribution in [0.5, 0.6) is 0 Å². The van der Waals surface area contributed by atoms with Crippen LogP contribution < -0.4 is 5.32 Å². The first-order valence-corrected chi connectivity index (χ1v) is 7.90. The fourth-order valence-corrected chi connectivity index (χ4v) is 2.68. The number of likely N-dealkylation sites (N-methyl/N-ethyl adjacent to an activating group) is 1. The Kier molecular flexibility index (Phi) is 5.99. The minimum Gasteiger partial charge on any atom is -0.493 e. The predicted molar refractivity (Wildman–Crippen MR) is 90.7 cm³/mol. The molecule has 2 rings (SSSR count). The molecule has 0 aliphatic heterocycles. The molecule has 4 nitrogen and oxygen atoms in total. The first kappa shape index (κ1) is 17.3. The highest BCUT2D eigenvalue weighted by molar-refractivity contribution is 5.82. The summed E-state index contributed by atoms with van der Waals surface area (Å²) < 4.78 is 11.4. The van der Waals surface area contributed by atoms with Crippen molar-refractivity contribution in [2.24, 2.45) is 5.92 Å². The van der Waals surface area contributed by atoms with Crippen LogP contribution in [0.4, 0.5) is 0 Å². The molecule has 2 unspecified atom stereocenters. The summed E-state index contributed by atoms with van der Waals surface area (Å²) >= 11 is 0. The standard InChI is InChI=1S/C19H25NO3/c1-13-9-10-14(2)17(11-13)23-12-15-7-5-6-8-16(15)18(22-4)19(21)20-3/h5-9,11,14,18H,10,12H2,1-4H3,(H,20,21). The molecule has 0 bridgehead atoms. The van der Waals surface area contributed by atoms with E-state index in [2.05, 4.69) is 31.3 Å². The van der Waals surface area contributed by atoms with Crippen molar-refractivity contribution in [3.8, 4) is 0 Å². The highest BCUT2D eigenvalue weighted by Gasteiger charge is 2.22. The van der Waals surface area contributed by atoms with Crippen LogP contribution in [0, 0.1) is 5.92 Å². The number of carbonyl (C=O) groups is 1. The third-order valence-electron chi connectivity index (χ3n) is 4.10. The zero-order chi connectivity index (χ0) is 16.8. The van der Waals surface area contributed by atoms with Gasteiger partial charge in [-0.15, -0.1) is 0 Å². The number of allylic oxidation sites excluding steroid dienone is 4. The Bertz CT molecular complexity index is 619. The molecule has 0 aromatic heterocycles. The van der Waals surface area contributed by atoms with Gasteiger partial charge in [0.25, 0.3) is 5.91 Å². The van der Waals surface area contributed by atoms with Gasteiger partial charge < -0.3 is 14.8 Å². The van der Waals surface area contributed by atoms with E-state index in [0.29, 0.717) is 12.5 Å². The molecule has 4 heteroatoms. The van der Waals surface area contributed by atoms with Crippen molar-refractivity contribution in [3.63, 3.8) is 0 Å². The SMILES string of the molecule is CNC(=O)C(OC)c1ccccc1COC1=CC(C)=CCC1C. The van der Waals surface area contributed by atoms with E-state index in [-0.39, 0.29) is 5.91 Å². The van der Waals surface area contributed by atoms with Crippen molar-refractivity contribution in [2.45, 2.75) is 33.0 Å². The van der Waals surface area contributed by atoms with Gasteiger partial charge in [0.1, 0.15) is 6.61 Å². The van der Waals surface area contributed by atoms with Gasteiger partial charge in [0.2, 0.25) is 0 Å². The summed E-state index contributed by atoms with van der Waals surface area (Å²) in [4.78, 5) is 12.0. The second-order valence-corrected chi connectivity index (χ2v) is 5.85. The molecular weight excluding hydrogens is 290 g/mol. The molecule has 23 heavy (non-hydrogen) atoms. The molecule has 124 valence electrons. The first-order chi connectivity index (χ1) is 11.1. The lowest BCUT2D eigenvalue weighted by Gasteiger charge is -2.22. The summed E-state index contributed by atoms with van der Waals surface area (Å²) in [6, 6.07) is 7.73. The summed E-state index contributed by atoms with van der Waals surface area (Å²) in [6.07, 6.45) is 4.68. The van der Waals surface area contributed by atoms with E-state index in [1.54, 1.807) is 7.05 Å². The fraction of sp³-hybridized carbons (Fsp3) is 0.421. The lowest BCUT2D eigenvalue weighted by atomic mass is 9.97. The molecule has 0 spiro atoms. The van der Waals surface area contributed by atoms with Crippen molar-refractivity contribution in [1.82, 2.24) is 5.32 Å². The van der Waals surface area contributed by atoms with Gasteiger partial charge in [-0.2, -0.15) is 0 Å². The number of hydrogen-bond donors (Lipinski definition) is 1. The molecular formula is C19H25NO3. The van der Waals surface area contributed by atoms with E-state index in [4.69, 9.17) is 9.47 Å². The number of amides is 1. The van der Waals surface area contributed by atoms with Gasteiger partial charge in [-0.05, 0) is 30.5 Å². The third kappa shape index (κ3) is 4.23. The molecule has 1 aromatic rings. The second kappa shape index (κ2) is 7.97. The first-order valence-electron chi connectivity index (χ1n) is 7.90. The van der Waals surface area contributed by atoms with E-state index in [9.17, 15) is 4.79 Å². The van der Waals surface area contributed by atoms with Gasteiger partial charge in [-0.3, -0.25) is 4.79 Å². The van der Waals surface area contributed by atoms with Gasteiger partial charge >= 0.3 is 0 Å². The van der Waals surface area contributed by atoms with Crippen molar-refractivity contribution in [3.05, 3.63) is 58.9 Å². The number of carbonyl (C=O) groups excluding carboxylic acids is 1. The van der Waals surface area contributed by atoms with Crippen LogP contribution in [-0.4, -0.2) is 20.1 Å². The van der Waals surface area contributed by atoms with Gasteiger partial charge in [-0.25, -0.2) is 0 Å². The van der Waals surface area contributed by atoms with Gasteiger partial charge in [-0.1, -0.05) is 42.8 Å². The Balaban J connectivity index is 2.18. The Morgan fingerprint density at radius 2 is 2.13 bits per heavy atom. The normalized spacial score (nSPS) is 18.7. The predicted octanol–water partition coefficient (Wildman–Crippen LogP) is 3.51. The summed E-state index contributed by atoms with van der Waals surface area (Å²) in [5.74, 6) is 1.21. The number of nitrogens with one attached hydrogen (secondary N) is 1. The molecule has 1 aliphatic rings.